The number of carboxylic acid groups (broad SMARTS) is 1. The van der Waals surface area contributed by atoms with Crippen LogP contribution in [0.3, 0.4) is 0 Å². The van der Waals surface area contributed by atoms with Crippen LogP contribution in [0.25, 0.3) is 0 Å². The fourth-order valence-corrected chi connectivity index (χ4v) is 3.71. The molecule has 0 aromatic rings. The molecule has 2 atom stereocenters. The minimum Gasteiger partial charge on any atom is -0.481 e. The van der Waals surface area contributed by atoms with Gasteiger partial charge in [-0.05, 0) is 24.8 Å². The molecule has 0 aromatic carbocycles. The Morgan fingerprint density at radius 2 is 2.15 bits per heavy atom. The highest BCUT2D eigenvalue weighted by molar-refractivity contribution is 7.99. The molecule has 6 heteroatoms. The summed E-state index contributed by atoms with van der Waals surface area (Å²) in [7, 11) is 0. The van der Waals surface area contributed by atoms with Crippen LogP contribution in [-0.2, 0) is 9.59 Å². The summed E-state index contributed by atoms with van der Waals surface area (Å²) in [5, 5.41) is 8.95. The highest BCUT2D eigenvalue weighted by atomic mass is 32.2. The van der Waals surface area contributed by atoms with Crippen molar-refractivity contribution in [3.05, 3.63) is 0 Å². The van der Waals surface area contributed by atoms with E-state index in [2.05, 4.69) is 13.8 Å². The molecule has 20 heavy (non-hydrogen) atoms. The van der Waals surface area contributed by atoms with Crippen molar-refractivity contribution in [2.24, 2.45) is 17.6 Å². The number of hydrogen-bond acceptors (Lipinski definition) is 4. The third-order valence-corrected chi connectivity index (χ3v) is 4.65. The zero-order valence-corrected chi connectivity index (χ0v) is 13.2. The highest BCUT2D eigenvalue weighted by Gasteiger charge is 2.29. The second kappa shape index (κ2) is 8.52. The molecule has 1 amide bonds. The summed E-state index contributed by atoms with van der Waals surface area (Å²) in [6, 6.07) is -0.170. The summed E-state index contributed by atoms with van der Waals surface area (Å²) in [6.07, 6.45) is 1.42. The van der Waals surface area contributed by atoms with Crippen LogP contribution < -0.4 is 5.73 Å². The number of nitrogens with zero attached hydrogens (tertiary/aromatic N) is 1. The van der Waals surface area contributed by atoms with Gasteiger partial charge in [0.05, 0.1) is 12.5 Å². The van der Waals surface area contributed by atoms with Crippen LogP contribution in [0.1, 0.15) is 33.1 Å². The first kappa shape index (κ1) is 17.3. The molecule has 3 N–H and O–H groups in total. The summed E-state index contributed by atoms with van der Waals surface area (Å²) < 4.78 is 0. The van der Waals surface area contributed by atoms with Crippen LogP contribution in [0.2, 0.25) is 0 Å². The minimum atomic E-state index is -0.840. The quantitative estimate of drug-likeness (QED) is 0.743. The van der Waals surface area contributed by atoms with Gasteiger partial charge < -0.3 is 15.7 Å². The van der Waals surface area contributed by atoms with Gasteiger partial charge in [-0.25, -0.2) is 0 Å². The molecule has 0 aromatic heterocycles. The number of rotatable bonds is 7. The molecule has 1 heterocycles. The zero-order chi connectivity index (χ0) is 15.1. The largest absolute Gasteiger partial charge is 0.481 e. The Hall–Kier alpha value is -0.750. The average Bonchev–Trinajstić information content (AvgIpc) is 2.37. The molecule has 1 rings (SSSR count). The van der Waals surface area contributed by atoms with Crippen molar-refractivity contribution >= 4 is 23.6 Å². The van der Waals surface area contributed by atoms with Gasteiger partial charge in [-0.15, -0.1) is 0 Å². The van der Waals surface area contributed by atoms with Crippen molar-refractivity contribution in [3.8, 4) is 0 Å². The van der Waals surface area contributed by atoms with E-state index in [0.717, 1.165) is 17.9 Å². The predicted octanol–water partition coefficient (Wildman–Crippen LogP) is 1.42. The van der Waals surface area contributed by atoms with Gasteiger partial charge in [0, 0.05) is 24.5 Å². The molecule has 0 bridgehead atoms. The molecule has 1 fully saturated rings. The monoisotopic (exact) mass is 302 g/mol. The van der Waals surface area contributed by atoms with Crippen LogP contribution in [-0.4, -0.2) is 52.5 Å². The number of carbonyl (C=O) groups is 2. The summed E-state index contributed by atoms with van der Waals surface area (Å²) in [6.45, 7) is 5.41. The first-order chi connectivity index (χ1) is 9.43. The van der Waals surface area contributed by atoms with Crippen molar-refractivity contribution in [2.75, 3.05) is 24.6 Å². The minimum absolute atomic E-state index is 0.0379. The maximum Gasteiger partial charge on any atom is 0.305 e. The van der Waals surface area contributed by atoms with E-state index in [1.54, 1.807) is 16.7 Å². The van der Waals surface area contributed by atoms with Crippen LogP contribution in [0.4, 0.5) is 0 Å². The number of amides is 1. The van der Waals surface area contributed by atoms with Gasteiger partial charge in [0.25, 0.3) is 0 Å². The van der Waals surface area contributed by atoms with Gasteiger partial charge in [-0.3, -0.25) is 9.59 Å². The van der Waals surface area contributed by atoms with E-state index in [4.69, 9.17) is 10.8 Å². The summed E-state index contributed by atoms with van der Waals surface area (Å²) in [4.78, 5) is 25.1. The molecular weight excluding hydrogens is 276 g/mol. The van der Waals surface area contributed by atoms with Gasteiger partial charge in [-0.2, -0.15) is 11.8 Å². The molecule has 2 unspecified atom stereocenters. The smallest absolute Gasteiger partial charge is 0.305 e. The van der Waals surface area contributed by atoms with Gasteiger partial charge in [0.15, 0.2) is 0 Å². The Bertz CT molecular complexity index is 336. The van der Waals surface area contributed by atoms with Crippen molar-refractivity contribution in [3.63, 3.8) is 0 Å². The van der Waals surface area contributed by atoms with Crippen molar-refractivity contribution in [1.82, 2.24) is 4.90 Å². The molecule has 0 spiro atoms. The number of thioether (sulfide) groups is 1. The first-order valence-corrected chi connectivity index (χ1v) is 8.38. The predicted molar refractivity (Wildman–Crippen MR) is 81.7 cm³/mol. The SMILES string of the molecule is CC(C)CC(CN)CC(=O)N1CCSCC1CC(=O)O. The molecule has 1 aliphatic rings. The Kier molecular flexibility index (Phi) is 7.37. The lowest BCUT2D eigenvalue weighted by Crippen LogP contribution is -2.47. The van der Waals surface area contributed by atoms with Gasteiger partial charge in [-0.1, -0.05) is 13.8 Å². The Morgan fingerprint density at radius 3 is 2.70 bits per heavy atom. The van der Waals surface area contributed by atoms with Crippen LogP contribution in [0.15, 0.2) is 0 Å². The second-order valence-electron chi connectivity index (χ2n) is 5.85. The lowest BCUT2D eigenvalue weighted by Gasteiger charge is -2.35. The molecule has 0 radical (unpaired) electrons. The molecule has 1 aliphatic heterocycles. The summed E-state index contributed by atoms with van der Waals surface area (Å²) in [5.41, 5.74) is 5.75. The molecule has 0 saturated carbocycles. The molecular formula is C14H26N2O3S. The number of carboxylic acids is 1. The third kappa shape index (κ3) is 5.71. The summed E-state index contributed by atoms with van der Waals surface area (Å²) in [5.74, 6) is 1.54. The van der Waals surface area contributed by atoms with E-state index in [1.165, 1.54) is 0 Å². The fraction of sp³-hybridized carbons (Fsp3) is 0.857. The van der Waals surface area contributed by atoms with E-state index in [0.29, 0.717) is 25.4 Å². The van der Waals surface area contributed by atoms with E-state index >= 15 is 0 Å². The fourth-order valence-electron chi connectivity index (χ4n) is 2.65. The van der Waals surface area contributed by atoms with Gasteiger partial charge >= 0.3 is 5.97 Å². The number of nitrogens with two attached hydrogens (primary N) is 1. The first-order valence-electron chi connectivity index (χ1n) is 7.23. The molecule has 116 valence electrons. The van der Waals surface area contributed by atoms with Crippen molar-refractivity contribution < 1.29 is 14.7 Å². The maximum absolute atomic E-state index is 12.4. The average molecular weight is 302 g/mol. The normalized spacial score (nSPS) is 21.0. The lowest BCUT2D eigenvalue weighted by atomic mass is 9.93. The Morgan fingerprint density at radius 1 is 1.45 bits per heavy atom. The standard InChI is InChI=1S/C14H26N2O3S/c1-10(2)5-11(8-15)6-13(17)16-3-4-20-9-12(16)7-14(18)19/h10-12H,3-9,15H2,1-2H3,(H,18,19). The zero-order valence-electron chi connectivity index (χ0n) is 12.4. The van der Waals surface area contributed by atoms with Crippen LogP contribution in [0, 0.1) is 11.8 Å². The second-order valence-corrected chi connectivity index (χ2v) is 7.00. The number of carbonyl (C=O) groups excluding carboxylic acids is 1. The Balaban J connectivity index is 2.59. The van der Waals surface area contributed by atoms with E-state index in [9.17, 15) is 9.59 Å². The maximum atomic E-state index is 12.4. The molecule has 5 nitrogen and oxygen atoms in total. The third-order valence-electron chi connectivity index (χ3n) is 3.56. The van der Waals surface area contributed by atoms with Gasteiger partial charge in [0.1, 0.15) is 0 Å². The van der Waals surface area contributed by atoms with Crippen molar-refractivity contribution in [1.29, 1.82) is 0 Å². The van der Waals surface area contributed by atoms with E-state index < -0.39 is 5.97 Å². The van der Waals surface area contributed by atoms with Crippen LogP contribution >= 0.6 is 11.8 Å². The lowest BCUT2D eigenvalue weighted by molar-refractivity contribution is -0.140. The number of aliphatic carboxylic acids is 1. The van der Waals surface area contributed by atoms with Gasteiger partial charge in [0.2, 0.25) is 5.91 Å². The highest BCUT2D eigenvalue weighted by Crippen LogP contribution is 2.22. The van der Waals surface area contributed by atoms with E-state index in [-0.39, 0.29) is 24.3 Å². The van der Waals surface area contributed by atoms with Crippen molar-refractivity contribution in [2.45, 2.75) is 39.2 Å². The van der Waals surface area contributed by atoms with Crippen LogP contribution in [0.5, 0.6) is 0 Å². The Labute approximate surface area is 125 Å². The topological polar surface area (TPSA) is 83.6 Å². The molecule has 1 saturated heterocycles. The molecule has 0 aliphatic carbocycles. The van der Waals surface area contributed by atoms with E-state index in [1.807, 2.05) is 0 Å². The number of hydrogen-bond donors (Lipinski definition) is 2. The summed E-state index contributed by atoms with van der Waals surface area (Å²) >= 11 is 1.72.